The number of nitrogens with two attached hydrogens (primary N) is 2. The Morgan fingerprint density at radius 3 is 2.00 bits per heavy atom. The van der Waals surface area contributed by atoms with E-state index in [9.17, 15) is 4.48 Å². The molecule has 0 unspecified atom stereocenters. The molecule has 7 heteroatoms. The highest BCUT2D eigenvalue weighted by Crippen LogP contribution is 2.02. The van der Waals surface area contributed by atoms with Crippen LogP contribution in [0.15, 0.2) is 0 Å². The van der Waals surface area contributed by atoms with Crippen molar-refractivity contribution in [1.82, 2.24) is 15.0 Å². The minimum atomic E-state index is -0.287. The Balaban J connectivity index is 3.06. The van der Waals surface area contributed by atoms with E-state index >= 15 is 0 Å². The van der Waals surface area contributed by atoms with Gasteiger partial charge in [0.05, 0.1) is 0 Å². The summed E-state index contributed by atoms with van der Waals surface area (Å²) >= 11 is 0. The van der Waals surface area contributed by atoms with Crippen LogP contribution in [0.25, 0.3) is 0 Å². The smallest absolute Gasteiger partial charge is 0.257 e. The molecule has 0 aromatic carbocycles. The van der Waals surface area contributed by atoms with Gasteiger partial charge in [-0.1, -0.05) is 0 Å². The topological polar surface area (TPSA) is 103 Å². The number of halogens is 1. The van der Waals surface area contributed by atoms with Gasteiger partial charge < -0.3 is 11.5 Å². The molecule has 0 atom stereocenters. The molecule has 0 aliphatic carbocycles. The summed E-state index contributed by atoms with van der Waals surface area (Å²) in [7, 11) is 0. The summed E-state index contributed by atoms with van der Waals surface area (Å²) in [4.78, 5) is 10.1. The Kier molecular flexibility index (Phi) is 1.48. The van der Waals surface area contributed by atoms with E-state index in [0.29, 0.717) is 0 Å². The quantitative estimate of drug-likeness (QED) is 0.452. The first kappa shape index (κ1) is 6.46. The first-order chi connectivity index (χ1) is 4.72. The van der Waals surface area contributed by atoms with Crippen LogP contribution >= 0.6 is 0 Å². The molecule has 1 aromatic heterocycles. The number of hydrogen-bond acceptors (Lipinski definition) is 6. The summed E-state index contributed by atoms with van der Waals surface area (Å²) in [6.07, 6.45) is 0. The fraction of sp³-hybridized carbons (Fsp3) is 0. The van der Waals surface area contributed by atoms with E-state index in [1.807, 2.05) is 0 Å². The Labute approximate surface area is 55.4 Å². The predicted molar refractivity (Wildman–Crippen MR) is 33.4 cm³/mol. The Morgan fingerprint density at radius 2 is 1.60 bits per heavy atom. The lowest BCUT2D eigenvalue weighted by Crippen LogP contribution is -2.04. The molecular formula is C3H5FN6. The van der Waals surface area contributed by atoms with E-state index in [0.717, 1.165) is 0 Å². The van der Waals surface area contributed by atoms with Gasteiger partial charge in [0.25, 0.3) is 5.95 Å². The van der Waals surface area contributed by atoms with Crippen molar-refractivity contribution < 1.29 is 4.48 Å². The van der Waals surface area contributed by atoms with Crippen LogP contribution < -0.4 is 17.0 Å². The van der Waals surface area contributed by atoms with E-state index in [1.165, 1.54) is 5.54 Å². The van der Waals surface area contributed by atoms with Crippen LogP contribution in [-0.2, 0) is 0 Å². The number of nitrogens with one attached hydrogen (secondary N) is 1. The van der Waals surface area contributed by atoms with Gasteiger partial charge >= 0.3 is 0 Å². The standard InChI is InChI=1S/C3H5FN6/c4-10-3-8-1(5)7-2(6)9-3/h(H5,5,6,7,8,9,10). The zero-order valence-electron chi connectivity index (χ0n) is 4.87. The fourth-order valence-electron chi connectivity index (χ4n) is 0.452. The van der Waals surface area contributed by atoms with Crippen LogP contribution in [0.3, 0.4) is 0 Å². The van der Waals surface area contributed by atoms with Crippen molar-refractivity contribution in [1.29, 1.82) is 0 Å². The third kappa shape index (κ3) is 1.19. The van der Waals surface area contributed by atoms with E-state index in [4.69, 9.17) is 11.5 Å². The molecule has 1 rings (SSSR count). The number of nitrogen functional groups attached to an aromatic ring is 2. The first-order valence-corrected chi connectivity index (χ1v) is 2.36. The zero-order valence-corrected chi connectivity index (χ0v) is 4.87. The third-order valence-electron chi connectivity index (χ3n) is 0.755. The van der Waals surface area contributed by atoms with Gasteiger partial charge in [0, 0.05) is 0 Å². The second-order valence-electron chi connectivity index (χ2n) is 1.47. The van der Waals surface area contributed by atoms with Gasteiger partial charge in [0.1, 0.15) is 0 Å². The highest BCUT2D eigenvalue weighted by molar-refractivity contribution is 5.35. The predicted octanol–water partition coefficient (Wildman–Crippen LogP) is -0.668. The Morgan fingerprint density at radius 1 is 1.10 bits per heavy atom. The summed E-state index contributed by atoms with van der Waals surface area (Å²) in [6.45, 7) is 0. The first-order valence-electron chi connectivity index (χ1n) is 2.36. The van der Waals surface area contributed by atoms with Gasteiger partial charge in [-0.25, -0.2) is 0 Å². The van der Waals surface area contributed by atoms with Crippen molar-refractivity contribution in [3.05, 3.63) is 0 Å². The van der Waals surface area contributed by atoms with Crippen molar-refractivity contribution in [3.63, 3.8) is 0 Å². The van der Waals surface area contributed by atoms with E-state index in [-0.39, 0.29) is 17.8 Å². The molecule has 54 valence electrons. The third-order valence-corrected chi connectivity index (χ3v) is 0.755. The number of nitrogens with zero attached hydrogens (tertiary/aromatic N) is 3. The minimum absolute atomic E-state index is 0.118. The normalized spacial score (nSPS) is 9.30. The average molecular weight is 144 g/mol. The van der Waals surface area contributed by atoms with Crippen molar-refractivity contribution >= 4 is 17.8 Å². The SMILES string of the molecule is Nc1nc(N)nc(NF)n1. The second-order valence-corrected chi connectivity index (χ2v) is 1.47. The maximum Gasteiger partial charge on any atom is 0.257 e. The van der Waals surface area contributed by atoms with Gasteiger partial charge in [-0.2, -0.15) is 20.5 Å². The molecule has 0 aliphatic heterocycles. The molecule has 10 heavy (non-hydrogen) atoms. The lowest BCUT2D eigenvalue weighted by molar-refractivity contribution is 0.604. The summed E-state index contributed by atoms with van der Waals surface area (Å²) < 4.78 is 11.6. The molecule has 0 amide bonds. The zero-order chi connectivity index (χ0) is 7.56. The van der Waals surface area contributed by atoms with Crippen molar-refractivity contribution in [2.75, 3.05) is 17.0 Å². The van der Waals surface area contributed by atoms with E-state index in [1.54, 1.807) is 0 Å². The maximum absolute atomic E-state index is 11.6. The molecular weight excluding hydrogens is 139 g/mol. The molecule has 5 N–H and O–H groups in total. The number of hydrogen-bond donors (Lipinski definition) is 3. The summed E-state index contributed by atoms with van der Waals surface area (Å²) in [5.74, 6) is -0.523. The Hall–Kier alpha value is -1.66. The Bertz CT molecular complexity index is 216. The van der Waals surface area contributed by atoms with Crippen molar-refractivity contribution in [2.45, 2.75) is 0 Å². The summed E-state index contributed by atoms with van der Waals surface area (Å²) in [6, 6.07) is 0. The monoisotopic (exact) mass is 144 g/mol. The van der Waals surface area contributed by atoms with E-state index < -0.39 is 0 Å². The van der Waals surface area contributed by atoms with Crippen LogP contribution in [0.2, 0.25) is 0 Å². The van der Waals surface area contributed by atoms with Gasteiger partial charge in [-0.15, -0.1) is 4.48 Å². The molecule has 0 aliphatic rings. The molecule has 0 radical (unpaired) electrons. The van der Waals surface area contributed by atoms with Crippen LogP contribution in [0.1, 0.15) is 0 Å². The van der Waals surface area contributed by atoms with Gasteiger partial charge in [-0.3, -0.25) is 0 Å². The molecule has 1 heterocycles. The fourth-order valence-corrected chi connectivity index (χ4v) is 0.452. The highest BCUT2D eigenvalue weighted by Gasteiger charge is 1.98. The molecule has 0 fully saturated rings. The minimum Gasteiger partial charge on any atom is -0.368 e. The molecule has 6 nitrogen and oxygen atoms in total. The largest absolute Gasteiger partial charge is 0.368 e. The average Bonchev–Trinajstić information content (AvgIpc) is 1.85. The molecule has 0 spiro atoms. The van der Waals surface area contributed by atoms with Crippen molar-refractivity contribution in [2.24, 2.45) is 0 Å². The van der Waals surface area contributed by atoms with Crippen LogP contribution in [0.4, 0.5) is 22.3 Å². The molecule has 0 saturated heterocycles. The summed E-state index contributed by atoms with van der Waals surface area (Å²) in [5.41, 5.74) is 11.4. The maximum atomic E-state index is 11.6. The molecule has 1 aromatic rings. The number of aromatic nitrogens is 3. The van der Waals surface area contributed by atoms with Gasteiger partial charge in [0.15, 0.2) is 0 Å². The van der Waals surface area contributed by atoms with Crippen LogP contribution in [-0.4, -0.2) is 15.0 Å². The van der Waals surface area contributed by atoms with E-state index in [2.05, 4.69) is 15.0 Å². The lowest BCUT2D eigenvalue weighted by Gasteiger charge is -1.96. The highest BCUT2D eigenvalue weighted by atomic mass is 19.2. The van der Waals surface area contributed by atoms with Gasteiger partial charge in [-0.05, 0) is 0 Å². The molecule has 0 bridgehead atoms. The van der Waals surface area contributed by atoms with Crippen LogP contribution in [0.5, 0.6) is 0 Å². The van der Waals surface area contributed by atoms with Gasteiger partial charge in [0.2, 0.25) is 11.9 Å². The lowest BCUT2D eigenvalue weighted by atomic mass is 10.8. The van der Waals surface area contributed by atoms with Crippen molar-refractivity contribution in [3.8, 4) is 0 Å². The number of anilines is 3. The summed E-state index contributed by atoms with van der Waals surface area (Å²) in [5, 5.41) is 0. The number of rotatable bonds is 1. The molecule has 0 saturated carbocycles. The van der Waals surface area contributed by atoms with Crippen LogP contribution in [0, 0.1) is 0 Å². The second kappa shape index (κ2) is 2.29.